The molecule has 2 atom stereocenters. The number of aliphatic imine (C=N–C) groups is 1. The van der Waals surface area contributed by atoms with E-state index >= 15 is 0 Å². The fraction of sp³-hybridized carbons (Fsp3) is 0.100. The molecule has 5 rings (SSSR count). The van der Waals surface area contributed by atoms with Crippen LogP contribution in [0.15, 0.2) is 69.9 Å². The first kappa shape index (κ1) is 16.9. The third kappa shape index (κ3) is 2.35. The molecule has 7 nitrogen and oxygen atoms in total. The first-order valence-electron chi connectivity index (χ1n) is 8.46. The number of ether oxygens (including phenoxy) is 1. The van der Waals surface area contributed by atoms with Gasteiger partial charge in [0.05, 0.1) is 4.90 Å². The Morgan fingerprint density at radius 2 is 1.82 bits per heavy atom. The van der Waals surface area contributed by atoms with E-state index in [1.807, 2.05) is 0 Å². The van der Waals surface area contributed by atoms with E-state index in [1.165, 1.54) is 12.1 Å². The topological polar surface area (TPSA) is 113 Å². The molecule has 0 radical (unpaired) electrons. The Morgan fingerprint density at radius 1 is 1.07 bits per heavy atom. The minimum absolute atomic E-state index is 0.0487. The van der Waals surface area contributed by atoms with Crippen LogP contribution in [0.2, 0.25) is 0 Å². The van der Waals surface area contributed by atoms with E-state index in [0.717, 1.165) is 5.56 Å². The van der Waals surface area contributed by atoms with Crippen LogP contribution in [0.3, 0.4) is 0 Å². The van der Waals surface area contributed by atoms with Crippen LogP contribution in [0.25, 0.3) is 6.08 Å². The fourth-order valence-electron chi connectivity index (χ4n) is 3.72. The molecule has 0 aromatic heterocycles. The summed E-state index contributed by atoms with van der Waals surface area (Å²) in [4.78, 5) is 17.0. The quantitative estimate of drug-likeness (QED) is 0.718. The van der Waals surface area contributed by atoms with Gasteiger partial charge in [0, 0.05) is 11.1 Å². The Balaban J connectivity index is 1.69. The third-order valence-corrected chi connectivity index (χ3v) is 5.90. The highest BCUT2D eigenvalue weighted by molar-refractivity contribution is 7.85. The second-order valence-electron chi connectivity index (χ2n) is 6.68. The van der Waals surface area contributed by atoms with Crippen molar-refractivity contribution in [3.8, 4) is 0 Å². The van der Waals surface area contributed by atoms with Crippen molar-refractivity contribution in [2.24, 2.45) is 4.99 Å². The minimum atomic E-state index is -4.32. The molecule has 0 bridgehead atoms. The van der Waals surface area contributed by atoms with Crippen molar-refractivity contribution in [3.05, 3.63) is 82.3 Å². The maximum absolute atomic E-state index is 12.4. The Labute approximate surface area is 160 Å². The number of ketones is 1. The highest BCUT2D eigenvalue weighted by Gasteiger charge is 2.40. The molecule has 2 aliphatic carbocycles. The van der Waals surface area contributed by atoms with E-state index in [0.29, 0.717) is 22.4 Å². The number of aliphatic hydroxyl groups excluding tert-OH is 1. The van der Waals surface area contributed by atoms with Gasteiger partial charge < -0.3 is 9.84 Å². The van der Waals surface area contributed by atoms with Gasteiger partial charge in [-0.25, -0.2) is 0 Å². The molecule has 2 N–H and O–H groups in total. The van der Waals surface area contributed by atoms with Crippen molar-refractivity contribution in [2.75, 3.05) is 0 Å². The van der Waals surface area contributed by atoms with Crippen molar-refractivity contribution in [3.63, 3.8) is 0 Å². The van der Waals surface area contributed by atoms with Crippen molar-refractivity contribution >= 4 is 27.7 Å². The van der Waals surface area contributed by atoms with E-state index in [-0.39, 0.29) is 10.7 Å². The van der Waals surface area contributed by atoms with Crippen LogP contribution in [0.4, 0.5) is 0 Å². The zero-order chi connectivity index (χ0) is 19.6. The minimum Gasteiger partial charge on any atom is -0.501 e. The lowest BCUT2D eigenvalue weighted by atomic mass is 9.86. The number of hydrogen-bond acceptors (Lipinski definition) is 6. The molecule has 3 aliphatic rings. The summed E-state index contributed by atoms with van der Waals surface area (Å²) < 4.78 is 38.0. The van der Waals surface area contributed by atoms with Gasteiger partial charge in [0.15, 0.2) is 5.76 Å². The highest BCUT2D eigenvalue weighted by Crippen LogP contribution is 2.41. The summed E-state index contributed by atoms with van der Waals surface area (Å²) in [5.74, 6) is -0.939. The summed E-state index contributed by atoms with van der Waals surface area (Å²) in [5.41, 5.74) is 2.62. The molecule has 1 aliphatic heterocycles. The number of allylic oxidation sites excluding steroid dienone is 2. The van der Waals surface area contributed by atoms with E-state index < -0.39 is 33.8 Å². The molecule has 0 saturated heterocycles. The van der Waals surface area contributed by atoms with Gasteiger partial charge in [0.1, 0.15) is 17.9 Å². The van der Waals surface area contributed by atoms with Crippen LogP contribution < -0.4 is 0 Å². The van der Waals surface area contributed by atoms with Gasteiger partial charge in [0.25, 0.3) is 10.1 Å². The van der Waals surface area contributed by atoms with Crippen molar-refractivity contribution in [1.82, 2.24) is 0 Å². The Kier molecular flexibility index (Phi) is 3.40. The molecule has 0 amide bonds. The zero-order valence-corrected chi connectivity index (χ0v) is 15.1. The number of rotatable bonds is 1. The van der Waals surface area contributed by atoms with Gasteiger partial charge in [0.2, 0.25) is 11.5 Å². The van der Waals surface area contributed by atoms with E-state index in [9.17, 15) is 22.9 Å². The molecular weight excluding hydrogens is 382 g/mol. The van der Waals surface area contributed by atoms with Gasteiger partial charge in [-0.3, -0.25) is 14.3 Å². The molecule has 2 unspecified atom stereocenters. The molecule has 8 heteroatoms. The lowest BCUT2D eigenvalue weighted by Gasteiger charge is -2.35. The number of carbonyl (C=O) groups excluding carboxylic acids is 1. The normalized spacial score (nSPS) is 22.5. The molecular formula is C20H13NO6S. The predicted octanol–water partition coefficient (Wildman–Crippen LogP) is 2.86. The van der Waals surface area contributed by atoms with Gasteiger partial charge in [-0.05, 0) is 29.3 Å². The Bertz CT molecular complexity index is 1260. The molecule has 1 heterocycles. The maximum Gasteiger partial charge on any atom is 0.294 e. The lowest BCUT2D eigenvalue weighted by molar-refractivity contribution is 0.0904. The second-order valence-corrected chi connectivity index (χ2v) is 8.10. The Morgan fingerprint density at radius 3 is 2.57 bits per heavy atom. The third-order valence-electron chi connectivity index (χ3n) is 5.05. The lowest BCUT2D eigenvalue weighted by Crippen LogP contribution is -2.34. The summed E-state index contributed by atoms with van der Waals surface area (Å²) in [6.07, 6.45) is 2.80. The number of hydrogen-bond donors (Lipinski definition) is 2. The van der Waals surface area contributed by atoms with Crippen LogP contribution in [0, 0.1) is 0 Å². The molecule has 140 valence electrons. The summed E-state index contributed by atoms with van der Waals surface area (Å²) >= 11 is 0. The predicted molar refractivity (Wildman–Crippen MR) is 99.9 cm³/mol. The van der Waals surface area contributed by atoms with Crippen LogP contribution in [0.5, 0.6) is 0 Å². The van der Waals surface area contributed by atoms with E-state index in [2.05, 4.69) is 0 Å². The largest absolute Gasteiger partial charge is 0.501 e. The molecule has 28 heavy (non-hydrogen) atoms. The first-order chi connectivity index (χ1) is 13.3. The average molecular weight is 395 g/mol. The number of fused-ring (bicyclic) bond motifs is 6. The molecule has 0 spiro atoms. The van der Waals surface area contributed by atoms with Gasteiger partial charge in [-0.1, -0.05) is 36.4 Å². The second kappa shape index (κ2) is 5.63. The van der Waals surface area contributed by atoms with Gasteiger partial charge in [-0.2, -0.15) is 8.42 Å². The van der Waals surface area contributed by atoms with E-state index in [1.54, 1.807) is 42.5 Å². The van der Waals surface area contributed by atoms with E-state index in [4.69, 9.17) is 9.73 Å². The number of nitrogens with zero attached hydrogens (tertiary/aromatic N) is 1. The number of Topliss-reactive ketones (excluding diaryl/α,β-unsaturated/α-hetero) is 1. The smallest absolute Gasteiger partial charge is 0.294 e. The SMILES string of the molecule is O=C1C(O)=C2OC3C=Cc4cc(S(=O)(=O)O)ccc4C3N=C2c2ccccc21. The zero-order valence-electron chi connectivity index (χ0n) is 14.2. The van der Waals surface area contributed by atoms with Crippen molar-refractivity contribution in [2.45, 2.75) is 17.0 Å². The van der Waals surface area contributed by atoms with Crippen LogP contribution >= 0.6 is 0 Å². The fourth-order valence-corrected chi connectivity index (χ4v) is 4.24. The monoisotopic (exact) mass is 395 g/mol. The number of aliphatic hydroxyl groups is 1. The molecule has 2 aromatic rings. The Hall–Kier alpha value is -3.23. The van der Waals surface area contributed by atoms with Crippen molar-refractivity contribution < 1.29 is 27.6 Å². The summed E-state index contributed by atoms with van der Waals surface area (Å²) in [6, 6.07) is 10.6. The summed E-state index contributed by atoms with van der Waals surface area (Å²) in [7, 11) is -4.32. The number of carbonyl (C=O) groups is 1. The summed E-state index contributed by atoms with van der Waals surface area (Å²) in [5, 5.41) is 10.3. The molecule has 0 saturated carbocycles. The molecule has 2 aromatic carbocycles. The summed E-state index contributed by atoms with van der Waals surface area (Å²) in [6.45, 7) is 0. The van der Waals surface area contributed by atoms with Gasteiger partial charge >= 0.3 is 0 Å². The standard InChI is InChI=1S/C20H13NO6S/c22-18-14-4-2-1-3-13(14)17-20(19(18)23)27-15-8-5-10-9-11(28(24,25)26)6-7-12(10)16(15)21-17/h1-9,15-16,23H,(H,24,25,26). The number of benzene rings is 2. The average Bonchev–Trinajstić information content (AvgIpc) is 2.69. The van der Waals surface area contributed by atoms with Crippen molar-refractivity contribution in [1.29, 1.82) is 0 Å². The first-order valence-corrected chi connectivity index (χ1v) is 9.90. The molecule has 0 fully saturated rings. The van der Waals surface area contributed by atoms with Crippen LogP contribution in [-0.4, -0.2) is 35.7 Å². The highest BCUT2D eigenvalue weighted by atomic mass is 32.2. The van der Waals surface area contributed by atoms with Crippen LogP contribution in [-0.2, 0) is 14.9 Å². The van der Waals surface area contributed by atoms with Gasteiger partial charge in [-0.15, -0.1) is 0 Å². The van der Waals surface area contributed by atoms with Crippen LogP contribution in [0.1, 0.15) is 33.1 Å². The maximum atomic E-state index is 12.4.